The third-order valence-corrected chi connectivity index (χ3v) is 5.00. The van der Waals surface area contributed by atoms with Gasteiger partial charge in [-0.15, -0.1) is 0 Å². The SMILES string of the molecule is C=CC(=O)OCc1ccc(/C=C/c2ccc(/C=C/c3ccc(COC(=O)C=C)cc3)c(F)c2)cc1. The summed E-state index contributed by atoms with van der Waals surface area (Å²) in [5.41, 5.74) is 4.77. The van der Waals surface area contributed by atoms with E-state index < -0.39 is 11.9 Å². The van der Waals surface area contributed by atoms with Crippen molar-refractivity contribution in [1.82, 2.24) is 0 Å². The van der Waals surface area contributed by atoms with Gasteiger partial charge in [-0.25, -0.2) is 14.0 Å². The monoisotopic (exact) mass is 468 g/mol. The molecule has 0 atom stereocenters. The van der Waals surface area contributed by atoms with Crippen LogP contribution in [0.1, 0.15) is 33.4 Å². The fraction of sp³-hybridized carbons (Fsp3) is 0.0667. The average Bonchev–Trinajstić information content (AvgIpc) is 2.89. The Morgan fingerprint density at radius 2 is 1.09 bits per heavy atom. The van der Waals surface area contributed by atoms with Gasteiger partial charge in [0.25, 0.3) is 0 Å². The molecule has 0 aliphatic carbocycles. The highest BCUT2D eigenvalue weighted by Gasteiger charge is 2.02. The maximum atomic E-state index is 14.6. The molecule has 0 saturated heterocycles. The summed E-state index contributed by atoms with van der Waals surface area (Å²) >= 11 is 0. The lowest BCUT2D eigenvalue weighted by Gasteiger charge is -2.03. The van der Waals surface area contributed by atoms with Gasteiger partial charge < -0.3 is 9.47 Å². The number of hydrogen-bond donors (Lipinski definition) is 0. The maximum Gasteiger partial charge on any atom is 0.330 e. The Labute approximate surface area is 204 Å². The molecule has 0 amide bonds. The molecule has 35 heavy (non-hydrogen) atoms. The fourth-order valence-corrected chi connectivity index (χ4v) is 3.04. The van der Waals surface area contributed by atoms with Crippen molar-refractivity contribution in [3.63, 3.8) is 0 Å². The summed E-state index contributed by atoms with van der Waals surface area (Å²) in [6.07, 6.45) is 9.51. The Morgan fingerprint density at radius 1 is 0.657 bits per heavy atom. The molecule has 3 rings (SSSR count). The molecule has 0 spiro atoms. The largest absolute Gasteiger partial charge is 0.458 e. The molecule has 0 N–H and O–H groups in total. The fourth-order valence-electron chi connectivity index (χ4n) is 3.04. The van der Waals surface area contributed by atoms with E-state index in [1.807, 2.05) is 72.8 Å². The van der Waals surface area contributed by atoms with Crippen LogP contribution in [-0.2, 0) is 32.3 Å². The summed E-state index contributed by atoms with van der Waals surface area (Å²) in [6, 6.07) is 20.0. The van der Waals surface area contributed by atoms with Crippen LogP contribution in [0.15, 0.2) is 92.0 Å². The number of hydrogen-bond acceptors (Lipinski definition) is 4. The van der Waals surface area contributed by atoms with Gasteiger partial charge >= 0.3 is 11.9 Å². The molecule has 0 radical (unpaired) electrons. The Morgan fingerprint density at radius 3 is 1.54 bits per heavy atom. The molecule has 5 heteroatoms. The van der Waals surface area contributed by atoms with Gasteiger partial charge in [0.1, 0.15) is 19.0 Å². The summed E-state index contributed by atoms with van der Waals surface area (Å²) in [5, 5.41) is 0. The zero-order valence-electron chi connectivity index (χ0n) is 19.2. The van der Waals surface area contributed by atoms with Gasteiger partial charge in [0, 0.05) is 17.7 Å². The summed E-state index contributed by atoms with van der Waals surface area (Å²) < 4.78 is 24.6. The van der Waals surface area contributed by atoms with Gasteiger partial charge in [0.2, 0.25) is 0 Å². The van der Waals surface area contributed by atoms with E-state index in [-0.39, 0.29) is 19.0 Å². The van der Waals surface area contributed by atoms with Crippen LogP contribution in [0.25, 0.3) is 24.3 Å². The zero-order valence-corrected chi connectivity index (χ0v) is 19.2. The normalized spacial score (nSPS) is 10.9. The van der Waals surface area contributed by atoms with Crippen molar-refractivity contribution in [2.75, 3.05) is 0 Å². The van der Waals surface area contributed by atoms with E-state index in [0.29, 0.717) is 5.56 Å². The van der Waals surface area contributed by atoms with Gasteiger partial charge in [0.15, 0.2) is 0 Å². The first-order valence-electron chi connectivity index (χ1n) is 10.9. The highest BCUT2D eigenvalue weighted by Crippen LogP contribution is 2.17. The van der Waals surface area contributed by atoms with Crippen molar-refractivity contribution in [3.8, 4) is 0 Å². The molecular weight excluding hydrogens is 443 g/mol. The quantitative estimate of drug-likeness (QED) is 0.191. The highest BCUT2D eigenvalue weighted by atomic mass is 19.1. The van der Waals surface area contributed by atoms with Gasteiger partial charge in [-0.3, -0.25) is 0 Å². The smallest absolute Gasteiger partial charge is 0.330 e. The van der Waals surface area contributed by atoms with E-state index >= 15 is 0 Å². The molecule has 4 nitrogen and oxygen atoms in total. The Balaban J connectivity index is 1.58. The summed E-state index contributed by atoms with van der Waals surface area (Å²) in [5.74, 6) is -1.25. The lowest BCUT2D eigenvalue weighted by Crippen LogP contribution is -1.99. The Kier molecular flexibility index (Phi) is 9.08. The molecule has 0 heterocycles. The minimum absolute atomic E-state index is 0.174. The van der Waals surface area contributed by atoms with Crippen LogP contribution < -0.4 is 0 Å². The maximum absolute atomic E-state index is 14.6. The lowest BCUT2D eigenvalue weighted by molar-refractivity contribution is -0.139. The number of rotatable bonds is 10. The molecular formula is C30H25FO4. The number of esters is 2. The van der Waals surface area contributed by atoms with E-state index in [0.717, 1.165) is 40.0 Å². The van der Waals surface area contributed by atoms with E-state index in [4.69, 9.17) is 9.47 Å². The van der Waals surface area contributed by atoms with Crippen LogP contribution in [0, 0.1) is 5.82 Å². The van der Waals surface area contributed by atoms with Crippen LogP contribution in [0.4, 0.5) is 4.39 Å². The van der Waals surface area contributed by atoms with Gasteiger partial charge in [-0.1, -0.05) is 98.1 Å². The minimum atomic E-state index is -0.468. The average molecular weight is 469 g/mol. The minimum Gasteiger partial charge on any atom is -0.458 e. The van der Waals surface area contributed by atoms with Crippen molar-refractivity contribution >= 4 is 36.2 Å². The molecule has 3 aromatic rings. The molecule has 3 aromatic carbocycles. The number of benzene rings is 3. The molecule has 0 aliphatic rings. The molecule has 0 aliphatic heterocycles. The standard InChI is InChI=1S/C30H25FO4/c1-3-29(32)34-20-25-11-6-22(7-12-25)5-10-24-16-18-27(28(31)19-24)17-15-23-8-13-26(14-9-23)21-35-30(33)4-2/h3-19H,1-2,20-21H2/b10-5+,17-15+. The second kappa shape index (κ2) is 12.7. The molecule has 0 bridgehead atoms. The Bertz CT molecular complexity index is 1250. The van der Waals surface area contributed by atoms with E-state index in [9.17, 15) is 14.0 Å². The zero-order chi connectivity index (χ0) is 25.0. The molecule has 0 saturated carbocycles. The second-order valence-electron chi connectivity index (χ2n) is 7.55. The number of ether oxygens (including phenoxy) is 2. The predicted octanol–water partition coefficient (Wildman–Crippen LogP) is 6.62. The van der Waals surface area contributed by atoms with Crippen molar-refractivity contribution in [2.24, 2.45) is 0 Å². The van der Waals surface area contributed by atoms with Crippen LogP contribution >= 0.6 is 0 Å². The van der Waals surface area contributed by atoms with Crippen molar-refractivity contribution < 1.29 is 23.5 Å². The predicted molar refractivity (Wildman–Crippen MR) is 137 cm³/mol. The highest BCUT2D eigenvalue weighted by molar-refractivity contribution is 5.81. The van der Waals surface area contributed by atoms with E-state index in [1.54, 1.807) is 12.1 Å². The summed E-state index contributed by atoms with van der Waals surface area (Å²) in [7, 11) is 0. The second-order valence-corrected chi connectivity index (χ2v) is 7.55. The topological polar surface area (TPSA) is 52.6 Å². The van der Waals surface area contributed by atoms with Crippen molar-refractivity contribution in [1.29, 1.82) is 0 Å². The Hall–Kier alpha value is -4.51. The lowest BCUT2D eigenvalue weighted by atomic mass is 10.1. The molecule has 0 fully saturated rings. The summed E-state index contributed by atoms with van der Waals surface area (Å²) in [6.45, 7) is 7.08. The van der Waals surface area contributed by atoms with Gasteiger partial charge in [0.05, 0.1) is 0 Å². The number of carbonyl (C=O) groups is 2. The molecule has 0 unspecified atom stereocenters. The molecule has 176 valence electrons. The van der Waals surface area contributed by atoms with Crippen LogP contribution in [0.5, 0.6) is 0 Å². The summed E-state index contributed by atoms with van der Waals surface area (Å²) in [4.78, 5) is 22.3. The van der Waals surface area contributed by atoms with Crippen molar-refractivity contribution in [2.45, 2.75) is 13.2 Å². The van der Waals surface area contributed by atoms with Crippen LogP contribution in [0.2, 0.25) is 0 Å². The third kappa shape index (κ3) is 8.09. The first-order chi connectivity index (χ1) is 17.0. The van der Waals surface area contributed by atoms with Crippen LogP contribution in [0.3, 0.4) is 0 Å². The van der Waals surface area contributed by atoms with Crippen LogP contribution in [-0.4, -0.2) is 11.9 Å². The van der Waals surface area contributed by atoms with Gasteiger partial charge in [-0.05, 0) is 33.9 Å². The number of carbonyl (C=O) groups excluding carboxylic acids is 2. The third-order valence-electron chi connectivity index (χ3n) is 5.00. The van der Waals surface area contributed by atoms with Gasteiger partial charge in [-0.2, -0.15) is 0 Å². The number of halogens is 1. The first kappa shape index (κ1) is 25.1. The molecule has 0 aromatic heterocycles. The van der Waals surface area contributed by atoms with E-state index in [2.05, 4.69) is 13.2 Å². The van der Waals surface area contributed by atoms with E-state index in [1.165, 1.54) is 6.07 Å². The van der Waals surface area contributed by atoms with Crippen molar-refractivity contribution in [3.05, 3.63) is 131 Å². The first-order valence-corrected chi connectivity index (χ1v) is 10.9.